The number of carbonyl (C=O) groups excluding carboxylic acids is 1. The van der Waals surface area contributed by atoms with Gasteiger partial charge in [-0.2, -0.15) is 0 Å². The van der Waals surface area contributed by atoms with Crippen LogP contribution in [0.15, 0.2) is 11.6 Å². The first-order valence-corrected chi connectivity index (χ1v) is 9.56. The fraction of sp³-hybridized carbons (Fsp3) is 0.773. The van der Waals surface area contributed by atoms with E-state index >= 15 is 0 Å². The summed E-state index contributed by atoms with van der Waals surface area (Å²) in [6.45, 7) is 7.28. The normalized spacial score (nSPS) is 52.0. The van der Waals surface area contributed by atoms with E-state index in [1.54, 1.807) is 0 Å². The van der Waals surface area contributed by atoms with E-state index in [9.17, 15) is 4.79 Å². The highest BCUT2D eigenvalue weighted by molar-refractivity contribution is 5.91. The molecular weight excluding hydrogens is 280 g/mol. The van der Waals surface area contributed by atoms with Crippen molar-refractivity contribution in [3.8, 4) is 12.3 Å². The number of hydrogen-bond acceptors (Lipinski definition) is 1. The summed E-state index contributed by atoms with van der Waals surface area (Å²) in [5.41, 5.74) is 2.16. The second-order valence-electron chi connectivity index (χ2n) is 9.44. The molecule has 3 saturated carbocycles. The first-order chi connectivity index (χ1) is 10.8. The van der Waals surface area contributed by atoms with Gasteiger partial charge in [0.05, 0.1) is 0 Å². The van der Waals surface area contributed by atoms with Crippen molar-refractivity contribution in [2.24, 2.45) is 34.0 Å². The van der Waals surface area contributed by atoms with Crippen LogP contribution in [-0.2, 0) is 4.79 Å². The van der Waals surface area contributed by atoms with E-state index in [2.05, 4.69) is 26.7 Å². The number of terminal acetylenes is 1. The Balaban J connectivity index is 1.70. The molecule has 0 bridgehead atoms. The monoisotopic (exact) mass is 310 g/mol. The summed E-state index contributed by atoms with van der Waals surface area (Å²) in [6, 6.07) is 0. The Kier molecular flexibility index (Phi) is 3.20. The highest BCUT2D eigenvalue weighted by atomic mass is 16.1. The lowest BCUT2D eigenvalue weighted by molar-refractivity contribution is -0.117. The van der Waals surface area contributed by atoms with Gasteiger partial charge in [-0.1, -0.05) is 25.3 Å². The Labute approximate surface area is 141 Å². The molecule has 0 unspecified atom stereocenters. The molecule has 0 aromatic rings. The van der Waals surface area contributed by atoms with Crippen molar-refractivity contribution >= 4 is 5.78 Å². The van der Waals surface area contributed by atoms with Crippen LogP contribution in [0.3, 0.4) is 0 Å². The van der Waals surface area contributed by atoms with Gasteiger partial charge < -0.3 is 0 Å². The second-order valence-corrected chi connectivity index (χ2v) is 9.44. The summed E-state index contributed by atoms with van der Waals surface area (Å²) in [6.07, 6.45) is 17.3. The average Bonchev–Trinajstić information content (AvgIpc) is 2.80. The van der Waals surface area contributed by atoms with Gasteiger partial charge in [0.1, 0.15) is 0 Å². The lowest BCUT2D eigenvalue weighted by atomic mass is 9.45. The van der Waals surface area contributed by atoms with Gasteiger partial charge in [0.2, 0.25) is 0 Å². The molecular formula is C22H30O. The molecule has 0 N–H and O–H groups in total. The van der Waals surface area contributed by atoms with E-state index < -0.39 is 0 Å². The van der Waals surface area contributed by atoms with Gasteiger partial charge >= 0.3 is 0 Å². The van der Waals surface area contributed by atoms with Crippen LogP contribution in [-0.4, -0.2) is 5.78 Å². The van der Waals surface area contributed by atoms with Crippen LogP contribution in [0.4, 0.5) is 0 Å². The lowest BCUT2D eigenvalue weighted by Crippen LogP contribution is -2.51. The van der Waals surface area contributed by atoms with E-state index in [4.69, 9.17) is 6.42 Å². The molecule has 1 nitrogen and oxygen atoms in total. The summed E-state index contributed by atoms with van der Waals surface area (Å²) < 4.78 is 0. The summed E-state index contributed by atoms with van der Waals surface area (Å²) in [7, 11) is 0. The van der Waals surface area contributed by atoms with Crippen molar-refractivity contribution in [3.63, 3.8) is 0 Å². The molecule has 0 spiro atoms. The minimum atomic E-state index is 0.0855. The highest BCUT2D eigenvalue weighted by Gasteiger charge is 2.62. The molecule has 0 aromatic heterocycles. The number of ketones is 1. The molecule has 23 heavy (non-hydrogen) atoms. The van der Waals surface area contributed by atoms with Crippen molar-refractivity contribution in [1.82, 2.24) is 0 Å². The van der Waals surface area contributed by atoms with E-state index in [0.717, 1.165) is 37.0 Å². The molecule has 4 aliphatic carbocycles. The Morgan fingerprint density at radius 1 is 1.04 bits per heavy atom. The fourth-order valence-electron chi connectivity index (χ4n) is 7.06. The van der Waals surface area contributed by atoms with Gasteiger partial charge in [-0.25, -0.2) is 0 Å². The SMILES string of the molecule is C#C[C@]1(C)CC[C@H]2[C@@H]3CCC4=CC(=O)CC[C@]4(C)[C@H]3CC[C@@]21C. The summed E-state index contributed by atoms with van der Waals surface area (Å²) in [4.78, 5) is 11.9. The quantitative estimate of drug-likeness (QED) is 0.565. The fourth-order valence-corrected chi connectivity index (χ4v) is 7.06. The lowest BCUT2D eigenvalue weighted by Gasteiger charge is -2.59. The maximum Gasteiger partial charge on any atom is 0.155 e. The van der Waals surface area contributed by atoms with Crippen molar-refractivity contribution in [3.05, 3.63) is 11.6 Å². The van der Waals surface area contributed by atoms with Crippen molar-refractivity contribution in [2.45, 2.75) is 72.1 Å². The van der Waals surface area contributed by atoms with Gasteiger partial charge in [-0.3, -0.25) is 4.79 Å². The number of carbonyl (C=O) groups is 1. The van der Waals surface area contributed by atoms with Crippen molar-refractivity contribution in [2.75, 3.05) is 0 Å². The number of rotatable bonds is 0. The summed E-state index contributed by atoms with van der Waals surface area (Å²) in [5.74, 6) is 5.93. The van der Waals surface area contributed by atoms with Crippen LogP contribution in [0.25, 0.3) is 0 Å². The molecule has 3 fully saturated rings. The van der Waals surface area contributed by atoms with Crippen molar-refractivity contribution < 1.29 is 4.79 Å². The third-order valence-electron chi connectivity index (χ3n) is 8.89. The third-order valence-corrected chi connectivity index (χ3v) is 8.89. The van der Waals surface area contributed by atoms with Crippen LogP contribution in [0.5, 0.6) is 0 Å². The zero-order valence-corrected chi connectivity index (χ0v) is 15.0. The molecule has 0 aliphatic heterocycles. The minimum absolute atomic E-state index is 0.0855. The van der Waals surface area contributed by atoms with Gasteiger partial charge in [0.25, 0.3) is 0 Å². The Morgan fingerprint density at radius 3 is 2.52 bits per heavy atom. The Bertz CT molecular complexity index is 622. The van der Waals surface area contributed by atoms with E-state index in [0.29, 0.717) is 11.2 Å². The van der Waals surface area contributed by atoms with E-state index in [1.807, 2.05) is 6.08 Å². The van der Waals surface area contributed by atoms with Crippen LogP contribution in [0, 0.1) is 46.3 Å². The molecule has 0 heterocycles. The summed E-state index contributed by atoms with van der Waals surface area (Å²) in [5, 5.41) is 0. The number of allylic oxidation sites excluding steroid dienone is 1. The minimum Gasteiger partial charge on any atom is -0.295 e. The van der Waals surface area contributed by atoms with Gasteiger partial charge in [-0.15, -0.1) is 6.42 Å². The van der Waals surface area contributed by atoms with Crippen LogP contribution < -0.4 is 0 Å². The van der Waals surface area contributed by atoms with Crippen LogP contribution in [0.2, 0.25) is 0 Å². The predicted molar refractivity (Wildman–Crippen MR) is 93.7 cm³/mol. The standard InChI is InChI=1S/C22H30O/c1-5-20(2)11-9-19-17-7-6-15-14-16(23)8-12-21(15,3)18(17)10-13-22(19,20)4/h1,14,17-19H,6-13H2,2-4H3/t17-,18+,19+,20-,21+,22+/m1/s1. The molecule has 4 rings (SSSR count). The van der Waals surface area contributed by atoms with E-state index in [-0.39, 0.29) is 10.8 Å². The maximum absolute atomic E-state index is 11.9. The zero-order chi connectivity index (χ0) is 16.5. The Morgan fingerprint density at radius 2 is 1.78 bits per heavy atom. The first-order valence-electron chi connectivity index (χ1n) is 9.56. The predicted octanol–water partition coefficient (Wildman–Crippen LogP) is 5.16. The van der Waals surface area contributed by atoms with Gasteiger partial charge in [0.15, 0.2) is 5.78 Å². The third kappa shape index (κ3) is 1.84. The van der Waals surface area contributed by atoms with Gasteiger partial charge in [0, 0.05) is 11.8 Å². The average molecular weight is 310 g/mol. The number of hydrogen-bond donors (Lipinski definition) is 0. The smallest absolute Gasteiger partial charge is 0.155 e. The molecule has 6 atom stereocenters. The highest BCUT2D eigenvalue weighted by Crippen LogP contribution is 2.69. The molecule has 0 amide bonds. The van der Waals surface area contributed by atoms with Crippen molar-refractivity contribution in [1.29, 1.82) is 0 Å². The molecule has 1 heteroatoms. The zero-order valence-electron chi connectivity index (χ0n) is 15.0. The molecule has 0 saturated heterocycles. The first kappa shape index (κ1) is 15.5. The number of fused-ring (bicyclic) bond motifs is 5. The van der Waals surface area contributed by atoms with Crippen LogP contribution in [0.1, 0.15) is 72.1 Å². The molecule has 124 valence electrons. The van der Waals surface area contributed by atoms with E-state index in [1.165, 1.54) is 37.7 Å². The Hall–Kier alpha value is -1.03. The largest absolute Gasteiger partial charge is 0.295 e. The maximum atomic E-state index is 11.9. The second kappa shape index (κ2) is 4.75. The topological polar surface area (TPSA) is 17.1 Å². The summed E-state index contributed by atoms with van der Waals surface area (Å²) >= 11 is 0. The molecule has 0 aromatic carbocycles. The molecule has 0 radical (unpaired) electrons. The van der Waals surface area contributed by atoms with Crippen LogP contribution >= 0.6 is 0 Å². The van der Waals surface area contributed by atoms with Gasteiger partial charge in [-0.05, 0) is 86.5 Å². The molecule has 4 aliphatic rings.